The lowest BCUT2D eigenvalue weighted by atomic mass is 10.1. The molecule has 0 bridgehead atoms. The van der Waals surface area contributed by atoms with E-state index in [1.807, 2.05) is 0 Å². The molecule has 0 radical (unpaired) electrons. The van der Waals surface area contributed by atoms with Gasteiger partial charge < -0.3 is 9.64 Å². The molecule has 0 unspecified atom stereocenters. The van der Waals surface area contributed by atoms with E-state index in [0.717, 1.165) is 5.56 Å². The Morgan fingerprint density at radius 3 is 2.67 bits per heavy atom. The van der Waals surface area contributed by atoms with E-state index < -0.39 is 11.7 Å². The molecule has 0 atom stereocenters. The second-order valence-corrected chi connectivity index (χ2v) is 5.03. The predicted molar refractivity (Wildman–Crippen MR) is 80.2 cm³/mol. The van der Waals surface area contributed by atoms with Crippen molar-refractivity contribution in [2.75, 3.05) is 14.2 Å². The number of hydrogen-bond donors (Lipinski definition) is 0. The number of carbonyl (C=O) groups excluding carboxylic acids is 1. The highest BCUT2D eigenvalue weighted by atomic mass is 35.5. The third-order valence-corrected chi connectivity index (χ3v) is 3.34. The van der Waals surface area contributed by atoms with Gasteiger partial charge >= 0.3 is 0 Å². The van der Waals surface area contributed by atoms with Crippen LogP contribution in [0.1, 0.15) is 15.9 Å². The highest BCUT2D eigenvalue weighted by molar-refractivity contribution is 6.30. The van der Waals surface area contributed by atoms with Crippen LogP contribution in [-0.2, 0) is 6.54 Å². The minimum Gasteiger partial charge on any atom is -0.496 e. The van der Waals surface area contributed by atoms with E-state index in [9.17, 15) is 9.18 Å². The van der Waals surface area contributed by atoms with Crippen molar-refractivity contribution >= 4 is 17.5 Å². The van der Waals surface area contributed by atoms with Crippen LogP contribution in [0.4, 0.5) is 4.39 Å². The molecule has 2 aromatic rings. The highest BCUT2D eigenvalue weighted by Gasteiger charge is 2.17. The van der Waals surface area contributed by atoms with E-state index in [0.29, 0.717) is 10.8 Å². The maximum absolute atomic E-state index is 13.7. The largest absolute Gasteiger partial charge is 0.496 e. The Balaban J connectivity index is 2.22. The van der Waals surface area contributed by atoms with Gasteiger partial charge in [-0.25, -0.2) is 4.39 Å². The topological polar surface area (TPSA) is 29.5 Å². The number of methoxy groups -OCH3 is 1. The van der Waals surface area contributed by atoms with Gasteiger partial charge in [-0.05, 0) is 30.3 Å². The van der Waals surface area contributed by atoms with E-state index in [1.165, 1.54) is 17.0 Å². The van der Waals surface area contributed by atoms with Gasteiger partial charge in [-0.1, -0.05) is 23.7 Å². The molecule has 21 heavy (non-hydrogen) atoms. The van der Waals surface area contributed by atoms with E-state index in [1.54, 1.807) is 44.5 Å². The van der Waals surface area contributed by atoms with Crippen LogP contribution >= 0.6 is 11.6 Å². The fourth-order valence-corrected chi connectivity index (χ4v) is 2.23. The SMILES string of the molecule is COc1ccc(Cl)cc1CN(C)C(=O)c1ccccc1F. The van der Waals surface area contributed by atoms with Crippen molar-refractivity contribution in [1.29, 1.82) is 0 Å². The molecule has 0 aromatic heterocycles. The minimum atomic E-state index is -0.535. The molecule has 0 saturated heterocycles. The zero-order valence-corrected chi connectivity index (χ0v) is 12.5. The van der Waals surface area contributed by atoms with Gasteiger partial charge in [-0.15, -0.1) is 0 Å². The Morgan fingerprint density at radius 2 is 2.00 bits per heavy atom. The number of carbonyl (C=O) groups is 1. The molecule has 0 spiro atoms. The predicted octanol–water partition coefficient (Wildman–Crippen LogP) is 3.76. The molecule has 0 aliphatic rings. The Labute approximate surface area is 127 Å². The maximum Gasteiger partial charge on any atom is 0.256 e. The van der Waals surface area contributed by atoms with Crippen molar-refractivity contribution in [3.05, 3.63) is 64.4 Å². The molecular weight excluding hydrogens is 293 g/mol. The molecule has 2 rings (SSSR count). The van der Waals surface area contributed by atoms with Gasteiger partial charge in [0, 0.05) is 24.2 Å². The zero-order chi connectivity index (χ0) is 15.4. The number of halogens is 2. The lowest BCUT2D eigenvalue weighted by Crippen LogP contribution is -2.27. The van der Waals surface area contributed by atoms with Crippen LogP contribution in [0.25, 0.3) is 0 Å². The molecule has 0 heterocycles. The second kappa shape index (κ2) is 6.59. The first-order valence-electron chi connectivity index (χ1n) is 6.35. The summed E-state index contributed by atoms with van der Waals surface area (Å²) in [5, 5.41) is 0.553. The van der Waals surface area contributed by atoms with Gasteiger partial charge in [0.1, 0.15) is 11.6 Å². The molecule has 0 N–H and O–H groups in total. The molecule has 1 amide bonds. The lowest BCUT2D eigenvalue weighted by Gasteiger charge is -2.19. The molecule has 110 valence electrons. The standard InChI is InChI=1S/C16H15ClFNO2/c1-19(16(20)13-5-3-4-6-14(13)18)10-11-9-12(17)7-8-15(11)21-2/h3-9H,10H2,1-2H3. The third-order valence-electron chi connectivity index (χ3n) is 3.10. The number of benzene rings is 2. The molecular formula is C16H15ClFNO2. The fourth-order valence-electron chi connectivity index (χ4n) is 2.04. The smallest absolute Gasteiger partial charge is 0.256 e. The van der Waals surface area contributed by atoms with Crippen molar-refractivity contribution < 1.29 is 13.9 Å². The van der Waals surface area contributed by atoms with Crippen molar-refractivity contribution in [2.45, 2.75) is 6.54 Å². The first-order valence-corrected chi connectivity index (χ1v) is 6.73. The third kappa shape index (κ3) is 3.52. The second-order valence-electron chi connectivity index (χ2n) is 4.60. The Morgan fingerprint density at radius 1 is 1.29 bits per heavy atom. The molecule has 0 fully saturated rings. The molecule has 5 heteroatoms. The van der Waals surface area contributed by atoms with Gasteiger partial charge in [-0.2, -0.15) is 0 Å². The summed E-state index contributed by atoms with van der Waals surface area (Å²) in [6.45, 7) is 0.275. The van der Waals surface area contributed by atoms with Crippen LogP contribution in [-0.4, -0.2) is 25.0 Å². The summed E-state index contributed by atoms with van der Waals surface area (Å²) in [4.78, 5) is 13.7. The number of nitrogens with zero attached hydrogens (tertiary/aromatic N) is 1. The number of rotatable bonds is 4. The number of hydrogen-bond acceptors (Lipinski definition) is 2. The normalized spacial score (nSPS) is 10.3. The van der Waals surface area contributed by atoms with E-state index in [2.05, 4.69) is 0 Å². The van der Waals surface area contributed by atoms with E-state index in [-0.39, 0.29) is 12.1 Å². The first-order chi connectivity index (χ1) is 10.0. The monoisotopic (exact) mass is 307 g/mol. The van der Waals surface area contributed by atoms with Crippen LogP contribution in [0.15, 0.2) is 42.5 Å². The van der Waals surface area contributed by atoms with Gasteiger partial charge in [-0.3, -0.25) is 4.79 Å². The van der Waals surface area contributed by atoms with Crippen molar-refractivity contribution in [3.63, 3.8) is 0 Å². The summed E-state index contributed by atoms with van der Waals surface area (Å²) < 4.78 is 18.9. The van der Waals surface area contributed by atoms with Gasteiger partial charge in [0.15, 0.2) is 0 Å². The van der Waals surface area contributed by atoms with Crippen LogP contribution in [0.2, 0.25) is 5.02 Å². The zero-order valence-electron chi connectivity index (χ0n) is 11.8. The summed E-state index contributed by atoms with van der Waals surface area (Å²) >= 11 is 5.96. The van der Waals surface area contributed by atoms with Crippen LogP contribution < -0.4 is 4.74 Å². The van der Waals surface area contributed by atoms with Crippen LogP contribution in [0.5, 0.6) is 5.75 Å². The quantitative estimate of drug-likeness (QED) is 0.860. The summed E-state index contributed by atoms with van der Waals surface area (Å²) in [7, 11) is 3.15. The molecule has 0 aliphatic carbocycles. The Bertz CT molecular complexity index is 660. The lowest BCUT2D eigenvalue weighted by molar-refractivity contribution is 0.0779. The van der Waals surface area contributed by atoms with Gasteiger partial charge in [0.2, 0.25) is 0 Å². The molecule has 0 saturated carbocycles. The Kier molecular flexibility index (Phi) is 4.81. The number of amides is 1. The van der Waals surface area contributed by atoms with Crippen molar-refractivity contribution in [3.8, 4) is 5.75 Å². The molecule has 0 aliphatic heterocycles. The minimum absolute atomic E-state index is 0.0426. The Hall–Kier alpha value is -2.07. The van der Waals surface area contributed by atoms with Crippen LogP contribution in [0.3, 0.4) is 0 Å². The average molecular weight is 308 g/mol. The maximum atomic E-state index is 13.7. The summed E-state index contributed by atoms with van der Waals surface area (Å²) in [5.41, 5.74) is 0.804. The van der Waals surface area contributed by atoms with Gasteiger partial charge in [0.25, 0.3) is 5.91 Å². The van der Waals surface area contributed by atoms with Crippen molar-refractivity contribution in [2.24, 2.45) is 0 Å². The first kappa shape index (κ1) is 15.3. The summed E-state index contributed by atoms with van der Waals surface area (Å²) in [5.74, 6) is -0.296. The molecule has 3 nitrogen and oxygen atoms in total. The van der Waals surface area contributed by atoms with E-state index in [4.69, 9.17) is 16.3 Å². The van der Waals surface area contributed by atoms with Crippen LogP contribution in [0, 0.1) is 5.82 Å². The van der Waals surface area contributed by atoms with Crippen molar-refractivity contribution in [1.82, 2.24) is 4.90 Å². The molecule has 2 aromatic carbocycles. The number of ether oxygens (including phenoxy) is 1. The summed E-state index contributed by atoms with van der Waals surface area (Å²) in [6.07, 6.45) is 0. The highest BCUT2D eigenvalue weighted by Crippen LogP contribution is 2.24. The fraction of sp³-hybridized carbons (Fsp3) is 0.188. The average Bonchev–Trinajstić information content (AvgIpc) is 2.47. The van der Waals surface area contributed by atoms with Gasteiger partial charge in [0.05, 0.1) is 12.7 Å². The summed E-state index contributed by atoms with van der Waals surface area (Å²) in [6, 6.07) is 11.1. The van der Waals surface area contributed by atoms with E-state index >= 15 is 0 Å².